The number of methoxy groups -OCH3 is 1. The summed E-state index contributed by atoms with van der Waals surface area (Å²) in [5.74, 6) is -15.1. The third kappa shape index (κ3) is 3.10. The zero-order valence-corrected chi connectivity index (χ0v) is 19.0. The molecule has 1 aliphatic rings. The highest BCUT2D eigenvalue weighted by molar-refractivity contribution is 7.17. The molecular formula is C22H17F6NOS2. The van der Waals surface area contributed by atoms with Crippen LogP contribution in [0.5, 0.6) is 5.75 Å². The highest BCUT2D eigenvalue weighted by Crippen LogP contribution is 2.66. The van der Waals surface area contributed by atoms with E-state index in [1.165, 1.54) is 33.9 Å². The van der Waals surface area contributed by atoms with E-state index in [0.717, 1.165) is 11.3 Å². The van der Waals surface area contributed by atoms with Crippen LogP contribution < -0.4 is 4.74 Å². The third-order valence-electron chi connectivity index (χ3n) is 5.32. The van der Waals surface area contributed by atoms with Gasteiger partial charge in [0.1, 0.15) is 5.75 Å². The van der Waals surface area contributed by atoms with Crippen molar-refractivity contribution in [1.82, 2.24) is 4.98 Å². The van der Waals surface area contributed by atoms with Gasteiger partial charge in [-0.05, 0) is 62.2 Å². The molecule has 1 aliphatic carbocycles. The van der Waals surface area contributed by atoms with E-state index in [4.69, 9.17) is 4.74 Å². The van der Waals surface area contributed by atoms with Gasteiger partial charge in [0.25, 0.3) is 0 Å². The predicted octanol–water partition coefficient (Wildman–Crippen LogP) is 7.64. The maximum Gasteiger partial charge on any atom is 0.380 e. The molecule has 0 bridgehead atoms. The van der Waals surface area contributed by atoms with Crippen LogP contribution in [0.25, 0.3) is 21.6 Å². The minimum absolute atomic E-state index is 0.0118. The SMILES string of the molecule is COc1ccc(-c2cc(C)c(C3=C(c4sc(C)nc4C)C(F)(F)C(F)(F)C3(F)F)s2)cc1. The minimum atomic E-state index is -5.58. The second-order valence-electron chi connectivity index (χ2n) is 7.47. The van der Waals surface area contributed by atoms with Gasteiger partial charge in [-0.3, -0.25) is 0 Å². The Morgan fingerprint density at radius 1 is 0.812 bits per heavy atom. The molecule has 0 unspecified atom stereocenters. The first-order chi connectivity index (χ1) is 14.8. The van der Waals surface area contributed by atoms with Crippen molar-refractivity contribution in [3.05, 3.63) is 56.4 Å². The van der Waals surface area contributed by atoms with E-state index in [-0.39, 0.29) is 21.0 Å². The lowest BCUT2D eigenvalue weighted by Gasteiger charge is -2.25. The van der Waals surface area contributed by atoms with E-state index in [1.807, 2.05) is 0 Å². The maximum atomic E-state index is 15.0. The van der Waals surface area contributed by atoms with Gasteiger partial charge in [-0.15, -0.1) is 22.7 Å². The minimum Gasteiger partial charge on any atom is -0.497 e. The molecule has 0 aliphatic heterocycles. The summed E-state index contributed by atoms with van der Waals surface area (Å²) in [6.45, 7) is 4.29. The van der Waals surface area contributed by atoms with Gasteiger partial charge in [0, 0.05) is 9.75 Å². The second-order valence-corrected chi connectivity index (χ2v) is 9.73. The lowest BCUT2D eigenvalue weighted by Crippen LogP contribution is -2.48. The fourth-order valence-corrected chi connectivity index (χ4v) is 5.99. The van der Waals surface area contributed by atoms with Crippen molar-refractivity contribution in [2.75, 3.05) is 7.11 Å². The number of benzene rings is 1. The van der Waals surface area contributed by atoms with Crippen LogP contribution in [0, 0.1) is 20.8 Å². The summed E-state index contributed by atoms with van der Waals surface area (Å²) >= 11 is 1.48. The standard InChI is InChI=1S/C22H17F6NOS2/c1-10-9-15(13-5-7-14(30-4)8-6-13)32-18(10)16-17(19-11(2)29-12(3)31-19)21(25,26)22(27,28)20(16,23)24/h5-9H,1-4H3. The van der Waals surface area contributed by atoms with Gasteiger partial charge in [0.2, 0.25) is 0 Å². The molecule has 0 radical (unpaired) electrons. The molecule has 1 aromatic carbocycles. The van der Waals surface area contributed by atoms with Gasteiger partial charge in [0.05, 0.1) is 33.8 Å². The molecule has 0 amide bonds. The first kappa shape index (κ1) is 22.8. The molecule has 0 saturated carbocycles. The van der Waals surface area contributed by atoms with E-state index >= 15 is 8.78 Å². The van der Waals surface area contributed by atoms with Crippen LogP contribution in [0.15, 0.2) is 30.3 Å². The summed E-state index contributed by atoms with van der Waals surface area (Å²) in [6.07, 6.45) is 0. The zero-order chi connectivity index (χ0) is 23.6. The number of halogens is 6. The Bertz CT molecular complexity index is 1220. The van der Waals surface area contributed by atoms with Crippen molar-refractivity contribution < 1.29 is 31.1 Å². The number of thiophene rings is 1. The van der Waals surface area contributed by atoms with E-state index in [9.17, 15) is 17.6 Å². The lowest BCUT2D eigenvalue weighted by atomic mass is 10.0. The van der Waals surface area contributed by atoms with Crippen LogP contribution in [-0.4, -0.2) is 29.9 Å². The van der Waals surface area contributed by atoms with Gasteiger partial charge in [-0.25, -0.2) is 4.98 Å². The number of hydrogen-bond donors (Lipinski definition) is 0. The Kier molecular flexibility index (Phi) is 5.24. The average molecular weight is 490 g/mol. The van der Waals surface area contributed by atoms with Gasteiger partial charge in [0.15, 0.2) is 0 Å². The van der Waals surface area contributed by atoms with E-state index in [2.05, 4.69) is 4.98 Å². The molecule has 2 heterocycles. The van der Waals surface area contributed by atoms with Crippen LogP contribution in [0.2, 0.25) is 0 Å². The number of allylic oxidation sites excluding steroid dienone is 2. The van der Waals surface area contributed by atoms with Crippen molar-refractivity contribution in [2.24, 2.45) is 0 Å². The zero-order valence-electron chi connectivity index (χ0n) is 17.3. The highest BCUT2D eigenvalue weighted by Gasteiger charge is 2.80. The van der Waals surface area contributed by atoms with Crippen LogP contribution in [0.3, 0.4) is 0 Å². The summed E-state index contributed by atoms with van der Waals surface area (Å²) in [4.78, 5) is 3.83. The fraction of sp³-hybridized carbons (Fsp3) is 0.318. The molecule has 2 nitrogen and oxygen atoms in total. The molecule has 10 heteroatoms. The first-order valence-corrected chi connectivity index (χ1v) is 11.0. The number of nitrogens with zero attached hydrogens (tertiary/aromatic N) is 1. The molecule has 0 N–H and O–H groups in total. The van der Waals surface area contributed by atoms with Crippen LogP contribution >= 0.6 is 22.7 Å². The number of thiazole rings is 1. The number of aryl methyl sites for hydroxylation is 3. The molecule has 170 valence electrons. The van der Waals surface area contributed by atoms with Crippen molar-refractivity contribution in [3.8, 4) is 16.2 Å². The molecule has 0 fully saturated rings. The highest BCUT2D eigenvalue weighted by atomic mass is 32.1. The number of alkyl halides is 6. The Morgan fingerprint density at radius 2 is 1.38 bits per heavy atom. The monoisotopic (exact) mass is 489 g/mol. The van der Waals surface area contributed by atoms with Crippen molar-refractivity contribution in [3.63, 3.8) is 0 Å². The van der Waals surface area contributed by atoms with Crippen LogP contribution in [-0.2, 0) is 0 Å². The molecule has 0 spiro atoms. The summed E-state index contributed by atoms with van der Waals surface area (Å²) in [5, 5.41) is 0.320. The normalized spacial score (nSPS) is 18.9. The van der Waals surface area contributed by atoms with E-state index < -0.39 is 28.9 Å². The van der Waals surface area contributed by atoms with Crippen LogP contribution in [0.4, 0.5) is 26.3 Å². The summed E-state index contributed by atoms with van der Waals surface area (Å²) in [7, 11) is 1.49. The summed E-state index contributed by atoms with van der Waals surface area (Å²) in [6, 6.07) is 8.20. The molecule has 0 atom stereocenters. The van der Waals surface area contributed by atoms with Gasteiger partial charge in [-0.2, -0.15) is 26.3 Å². The molecule has 4 rings (SSSR count). The summed E-state index contributed by atoms with van der Waals surface area (Å²) in [5.41, 5.74) is -1.83. The van der Waals surface area contributed by atoms with Gasteiger partial charge >= 0.3 is 17.8 Å². The van der Waals surface area contributed by atoms with Crippen molar-refractivity contribution in [2.45, 2.75) is 38.5 Å². The Morgan fingerprint density at radius 3 is 1.88 bits per heavy atom. The third-order valence-corrected chi connectivity index (χ3v) is 7.71. The fourth-order valence-electron chi connectivity index (χ4n) is 3.73. The summed E-state index contributed by atoms with van der Waals surface area (Å²) < 4.78 is 93.9. The molecule has 0 saturated heterocycles. The second kappa shape index (κ2) is 7.34. The van der Waals surface area contributed by atoms with Gasteiger partial charge in [-0.1, -0.05) is 0 Å². The quantitative estimate of drug-likeness (QED) is 0.352. The number of rotatable bonds is 4. The van der Waals surface area contributed by atoms with Gasteiger partial charge < -0.3 is 4.74 Å². The smallest absolute Gasteiger partial charge is 0.380 e. The van der Waals surface area contributed by atoms with E-state index in [0.29, 0.717) is 32.5 Å². The molecular weight excluding hydrogens is 472 g/mol. The van der Waals surface area contributed by atoms with E-state index in [1.54, 1.807) is 24.3 Å². The predicted molar refractivity (Wildman–Crippen MR) is 114 cm³/mol. The molecule has 32 heavy (non-hydrogen) atoms. The van der Waals surface area contributed by atoms with Crippen LogP contribution in [0.1, 0.15) is 26.0 Å². The number of hydrogen-bond acceptors (Lipinski definition) is 4. The topological polar surface area (TPSA) is 22.1 Å². The average Bonchev–Trinajstić information content (AvgIpc) is 3.28. The number of ether oxygens (including phenoxy) is 1. The number of aromatic nitrogens is 1. The Balaban J connectivity index is 1.99. The maximum absolute atomic E-state index is 15.0. The first-order valence-electron chi connectivity index (χ1n) is 9.41. The Labute approximate surface area is 188 Å². The lowest BCUT2D eigenvalue weighted by molar-refractivity contribution is -0.254. The Hall–Kier alpha value is -2.33. The van der Waals surface area contributed by atoms with Crippen molar-refractivity contribution >= 4 is 33.8 Å². The largest absolute Gasteiger partial charge is 0.497 e. The van der Waals surface area contributed by atoms with Crippen molar-refractivity contribution in [1.29, 1.82) is 0 Å². The molecule has 3 aromatic rings. The molecule has 2 aromatic heterocycles.